The molecule has 21 heavy (non-hydrogen) atoms. The minimum atomic E-state index is -4.40. The first kappa shape index (κ1) is 14.9. The maximum absolute atomic E-state index is 12.6. The maximum atomic E-state index is 12.6. The van der Waals surface area contributed by atoms with E-state index in [9.17, 15) is 18.0 Å². The predicted octanol–water partition coefficient (Wildman–Crippen LogP) is 3.31. The van der Waals surface area contributed by atoms with Gasteiger partial charge in [0.1, 0.15) is 12.3 Å². The largest absolute Gasteiger partial charge is 0.497 e. The summed E-state index contributed by atoms with van der Waals surface area (Å²) in [4.78, 5) is 11.9. The van der Waals surface area contributed by atoms with Crippen LogP contribution < -0.4 is 4.74 Å². The third-order valence-electron chi connectivity index (χ3n) is 2.98. The fourth-order valence-electron chi connectivity index (χ4n) is 2.12. The molecule has 0 aliphatic carbocycles. The van der Waals surface area contributed by atoms with E-state index in [-0.39, 0.29) is 17.5 Å². The fourth-order valence-corrected chi connectivity index (χ4v) is 2.12. The predicted molar refractivity (Wildman–Crippen MR) is 69.1 cm³/mol. The van der Waals surface area contributed by atoms with Crippen LogP contribution in [0, 0.1) is 11.3 Å². The molecule has 0 spiro atoms. The average molecular weight is 296 g/mol. The van der Waals surface area contributed by atoms with E-state index in [1.54, 1.807) is 6.07 Å². The van der Waals surface area contributed by atoms with Crippen LogP contribution in [0.5, 0.6) is 5.75 Å². The summed E-state index contributed by atoms with van der Waals surface area (Å²) in [7, 11) is 1.42. The average Bonchev–Trinajstić information content (AvgIpc) is 2.75. The molecule has 1 aromatic carbocycles. The Kier molecular flexibility index (Phi) is 3.89. The van der Waals surface area contributed by atoms with Crippen molar-refractivity contribution in [3.05, 3.63) is 30.0 Å². The molecule has 0 atom stereocenters. The molecule has 2 rings (SSSR count). The van der Waals surface area contributed by atoms with Crippen LogP contribution in [0.3, 0.4) is 0 Å². The normalized spacial score (nSPS) is 11.4. The van der Waals surface area contributed by atoms with E-state index in [0.717, 1.165) is 10.8 Å². The van der Waals surface area contributed by atoms with Gasteiger partial charge in [0.15, 0.2) is 5.78 Å². The molecule has 4 nitrogen and oxygen atoms in total. The summed E-state index contributed by atoms with van der Waals surface area (Å²) in [6, 6.07) is 6.18. The summed E-state index contributed by atoms with van der Waals surface area (Å²) in [6.07, 6.45) is -3.65. The zero-order valence-electron chi connectivity index (χ0n) is 11.1. The molecule has 0 unspecified atom stereocenters. The second-order valence-electron chi connectivity index (χ2n) is 4.43. The molecule has 2 aromatic rings. The standard InChI is InChI=1S/C14H11F3N2O2/c1-21-9-2-3-12-10(6-9)11(13(20)4-5-18)7-19(12)8-14(15,16)17/h2-3,6-7H,4,8H2,1H3. The number of methoxy groups -OCH3 is 1. The molecule has 0 saturated carbocycles. The SMILES string of the molecule is COc1ccc2c(c1)c(C(=O)CC#N)cn2CC(F)(F)F. The van der Waals surface area contributed by atoms with Gasteiger partial charge in [-0.25, -0.2) is 0 Å². The second kappa shape index (κ2) is 5.48. The first-order valence-corrected chi connectivity index (χ1v) is 5.99. The lowest BCUT2D eigenvalue weighted by atomic mass is 10.1. The fraction of sp³-hybridized carbons (Fsp3) is 0.286. The number of hydrogen-bond donors (Lipinski definition) is 0. The van der Waals surface area contributed by atoms with Gasteiger partial charge >= 0.3 is 6.18 Å². The Labute approximate surface area is 118 Å². The van der Waals surface area contributed by atoms with Gasteiger partial charge in [0.05, 0.1) is 19.6 Å². The van der Waals surface area contributed by atoms with Crippen LogP contribution in [0.25, 0.3) is 10.9 Å². The monoisotopic (exact) mass is 296 g/mol. The number of alkyl halides is 3. The number of Topliss-reactive ketones (excluding diaryl/α,β-unsaturated/α-hetero) is 1. The van der Waals surface area contributed by atoms with Crippen molar-refractivity contribution in [3.63, 3.8) is 0 Å². The summed E-state index contributed by atoms with van der Waals surface area (Å²) >= 11 is 0. The highest BCUT2D eigenvalue weighted by Gasteiger charge is 2.29. The number of carbonyl (C=O) groups is 1. The number of nitriles is 1. The number of hydrogen-bond acceptors (Lipinski definition) is 3. The second-order valence-corrected chi connectivity index (χ2v) is 4.43. The Morgan fingerprint density at radius 3 is 2.71 bits per heavy atom. The lowest BCUT2D eigenvalue weighted by Crippen LogP contribution is -2.16. The van der Waals surface area contributed by atoms with E-state index in [2.05, 4.69) is 0 Å². The van der Waals surface area contributed by atoms with Crippen molar-refractivity contribution in [2.24, 2.45) is 0 Å². The van der Waals surface area contributed by atoms with Gasteiger partial charge in [0, 0.05) is 22.7 Å². The zero-order valence-corrected chi connectivity index (χ0v) is 11.1. The van der Waals surface area contributed by atoms with Crippen molar-refractivity contribution in [1.29, 1.82) is 5.26 Å². The lowest BCUT2D eigenvalue weighted by molar-refractivity contribution is -0.139. The van der Waals surface area contributed by atoms with Crippen LogP contribution in [0.2, 0.25) is 0 Å². The van der Waals surface area contributed by atoms with Crippen molar-refractivity contribution < 1.29 is 22.7 Å². The number of fused-ring (bicyclic) bond motifs is 1. The van der Waals surface area contributed by atoms with Gasteiger partial charge in [-0.05, 0) is 18.2 Å². The Balaban J connectivity index is 2.61. The molecule has 110 valence electrons. The molecule has 0 radical (unpaired) electrons. The molecule has 0 aliphatic heterocycles. The van der Waals surface area contributed by atoms with Crippen LogP contribution in [-0.4, -0.2) is 23.6 Å². The van der Waals surface area contributed by atoms with Crippen molar-refractivity contribution in [3.8, 4) is 11.8 Å². The summed E-state index contributed by atoms with van der Waals surface area (Å²) in [5.74, 6) is -0.0880. The van der Waals surface area contributed by atoms with Gasteiger partial charge in [0.2, 0.25) is 0 Å². The number of aromatic nitrogens is 1. The Hall–Kier alpha value is -2.49. The van der Waals surface area contributed by atoms with Gasteiger partial charge < -0.3 is 9.30 Å². The minimum Gasteiger partial charge on any atom is -0.497 e. The van der Waals surface area contributed by atoms with Gasteiger partial charge in [-0.15, -0.1) is 0 Å². The first-order chi connectivity index (χ1) is 9.85. The van der Waals surface area contributed by atoms with Crippen molar-refractivity contribution in [1.82, 2.24) is 4.57 Å². The lowest BCUT2D eigenvalue weighted by Gasteiger charge is -2.09. The molecule has 7 heteroatoms. The quantitative estimate of drug-likeness (QED) is 0.813. The van der Waals surface area contributed by atoms with E-state index < -0.39 is 18.5 Å². The van der Waals surface area contributed by atoms with Crippen LogP contribution in [0.4, 0.5) is 13.2 Å². The third-order valence-corrected chi connectivity index (χ3v) is 2.98. The molecule has 1 aromatic heterocycles. The number of nitrogens with zero attached hydrogens (tertiary/aromatic N) is 2. The summed E-state index contributed by atoms with van der Waals surface area (Å²) in [5, 5.41) is 8.93. The van der Waals surface area contributed by atoms with Crippen molar-refractivity contribution >= 4 is 16.7 Å². The molecule has 0 bridgehead atoms. The zero-order chi connectivity index (χ0) is 15.6. The Morgan fingerprint density at radius 1 is 1.43 bits per heavy atom. The van der Waals surface area contributed by atoms with Crippen LogP contribution in [0.15, 0.2) is 24.4 Å². The van der Waals surface area contributed by atoms with E-state index in [4.69, 9.17) is 10.00 Å². The highest BCUT2D eigenvalue weighted by molar-refractivity contribution is 6.09. The third kappa shape index (κ3) is 3.16. The van der Waals surface area contributed by atoms with E-state index in [0.29, 0.717) is 11.1 Å². The van der Waals surface area contributed by atoms with Crippen molar-refractivity contribution in [2.75, 3.05) is 7.11 Å². The summed E-state index contributed by atoms with van der Waals surface area (Å²) in [5.41, 5.74) is 0.365. The van der Waals surface area contributed by atoms with Gasteiger partial charge in [-0.1, -0.05) is 0 Å². The molecule has 0 fully saturated rings. The van der Waals surface area contributed by atoms with Crippen LogP contribution in [0.1, 0.15) is 16.8 Å². The number of carbonyl (C=O) groups excluding carboxylic acids is 1. The smallest absolute Gasteiger partial charge is 0.406 e. The van der Waals surface area contributed by atoms with Gasteiger partial charge in [0.25, 0.3) is 0 Å². The van der Waals surface area contributed by atoms with E-state index in [1.165, 1.54) is 25.3 Å². The van der Waals surface area contributed by atoms with Crippen LogP contribution >= 0.6 is 0 Å². The Bertz CT molecular complexity index is 726. The molecule has 1 heterocycles. The molecular formula is C14H11F3N2O2. The molecule has 0 amide bonds. The number of rotatable bonds is 4. The first-order valence-electron chi connectivity index (χ1n) is 5.99. The highest BCUT2D eigenvalue weighted by Crippen LogP contribution is 2.29. The van der Waals surface area contributed by atoms with Gasteiger partial charge in [-0.3, -0.25) is 4.79 Å². The van der Waals surface area contributed by atoms with Gasteiger partial charge in [-0.2, -0.15) is 18.4 Å². The summed E-state index contributed by atoms with van der Waals surface area (Å²) in [6.45, 7) is -1.20. The number of ketones is 1. The number of ether oxygens (including phenoxy) is 1. The molecule has 0 N–H and O–H groups in total. The maximum Gasteiger partial charge on any atom is 0.406 e. The Morgan fingerprint density at radius 2 is 2.14 bits per heavy atom. The number of halogens is 3. The minimum absolute atomic E-state index is 0.0923. The number of benzene rings is 1. The topological polar surface area (TPSA) is 55.0 Å². The highest BCUT2D eigenvalue weighted by atomic mass is 19.4. The van der Waals surface area contributed by atoms with E-state index in [1.807, 2.05) is 0 Å². The molecular weight excluding hydrogens is 285 g/mol. The molecule has 0 aliphatic rings. The van der Waals surface area contributed by atoms with Crippen molar-refractivity contribution in [2.45, 2.75) is 19.1 Å². The van der Waals surface area contributed by atoms with Crippen LogP contribution in [-0.2, 0) is 6.54 Å². The summed E-state index contributed by atoms with van der Waals surface area (Å²) < 4.78 is 43.7. The molecule has 0 saturated heterocycles. The van der Waals surface area contributed by atoms with E-state index >= 15 is 0 Å².